The van der Waals surface area contributed by atoms with Gasteiger partial charge in [0.25, 0.3) is 0 Å². The monoisotopic (exact) mass is 383 g/mol. The quantitative estimate of drug-likeness (QED) is 0.700. The maximum atomic E-state index is 10.9. The number of carbonyl (C=O) groups excluding carboxylic acids is 1. The minimum Gasteiger partial charge on any atom is -0.493 e. The Morgan fingerprint density at radius 3 is 2.75 bits per heavy atom. The number of rotatable bonds is 8. The summed E-state index contributed by atoms with van der Waals surface area (Å²) in [5.74, 6) is 1.94. The van der Waals surface area contributed by atoms with E-state index in [1.165, 1.54) is 36.1 Å². The molecule has 1 saturated heterocycles. The number of nitrogens with one attached hydrogen (secondary N) is 1. The van der Waals surface area contributed by atoms with Gasteiger partial charge in [-0.2, -0.15) is 0 Å². The third-order valence-electron chi connectivity index (χ3n) is 5.47. The van der Waals surface area contributed by atoms with E-state index >= 15 is 0 Å². The molecule has 1 saturated carbocycles. The summed E-state index contributed by atoms with van der Waals surface area (Å²) in [5.41, 5.74) is 1.27. The van der Waals surface area contributed by atoms with Crippen LogP contribution < -0.4 is 10.1 Å². The molecule has 2 aromatic rings. The highest BCUT2D eigenvalue weighted by molar-refractivity contribution is 5.87. The lowest BCUT2D eigenvalue weighted by molar-refractivity contribution is -0.189. The zero-order valence-corrected chi connectivity index (χ0v) is 16.5. The molecule has 0 spiro atoms. The Kier molecular flexibility index (Phi) is 6.13. The lowest BCUT2D eigenvalue weighted by Gasteiger charge is -2.30. The van der Waals surface area contributed by atoms with Gasteiger partial charge in [0.1, 0.15) is 5.75 Å². The number of amides is 1. The van der Waals surface area contributed by atoms with Crippen molar-refractivity contribution < 1.29 is 19.0 Å². The molecule has 5 heteroatoms. The summed E-state index contributed by atoms with van der Waals surface area (Å²) in [6.07, 6.45) is 4.07. The lowest BCUT2D eigenvalue weighted by Crippen LogP contribution is -2.32. The van der Waals surface area contributed by atoms with Crippen molar-refractivity contribution >= 4 is 16.7 Å². The molecule has 150 valence electrons. The lowest BCUT2D eigenvalue weighted by atomic mass is 9.94. The minimum absolute atomic E-state index is 0.00240. The summed E-state index contributed by atoms with van der Waals surface area (Å²) >= 11 is 0. The van der Waals surface area contributed by atoms with Gasteiger partial charge in [-0.05, 0) is 53.6 Å². The molecule has 1 aliphatic heterocycles. The average Bonchev–Trinajstić information content (AvgIpc) is 3.54. The van der Waals surface area contributed by atoms with Crippen LogP contribution in [0.2, 0.25) is 0 Å². The van der Waals surface area contributed by atoms with Crippen molar-refractivity contribution in [2.75, 3.05) is 26.4 Å². The van der Waals surface area contributed by atoms with Crippen molar-refractivity contribution in [2.45, 2.75) is 44.8 Å². The van der Waals surface area contributed by atoms with Crippen LogP contribution in [0, 0.1) is 5.92 Å². The summed E-state index contributed by atoms with van der Waals surface area (Å²) in [7, 11) is 0. The van der Waals surface area contributed by atoms with E-state index in [9.17, 15) is 4.79 Å². The fourth-order valence-electron chi connectivity index (χ4n) is 3.65. The molecular weight excluding hydrogens is 354 g/mol. The van der Waals surface area contributed by atoms with Crippen molar-refractivity contribution in [3.8, 4) is 5.75 Å². The number of ether oxygens (including phenoxy) is 3. The predicted octanol–water partition coefficient (Wildman–Crippen LogP) is 4.00. The summed E-state index contributed by atoms with van der Waals surface area (Å²) in [5, 5.41) is 5.24. The van der Waals surface area contributed by atoms with E-state index in [0.717, 1.165) is 31.1 Å². The van der Waals surface area contributed by atoms with Crippen molar-refractivity contribution in [3.63, 3.8) is 0 Å². The maximum absolute atomic E-state index is 10.9. The summed E-state index contributed by atoms with van der Waals surface area (Å²) in [6, 6.07) is 12.8. The van der Waals surface area contributed by atoms with Crippen molar-refractivity contribution in [1.29, 1.82) is 0 Å². The van der Waals surface area contributed by atoms with Crippen molar-refractivity contribution in [1.82, 2.24) is 5.32 Å². The Hall–Kier alpha value is -2.11. The van der Waals surface area contributed by atoms with Gasteiger partial charge in [-0.25, -0.2) is 0 Å². The Morgan fingerprint density at radius 2 is 2.00 bits per heavy atom. The van der Waals surface area contributed by atoms with Crippen LogP contribution in [0.4, 0.5) is 0 Å². The molecule has 0 atom stereocenters. The van der Waals surface area contributed by atoms with Gasteiger partial charge in [0.05, 0.1) is 19.8 Å². The largest absolute Gasteiger partial charge is 0.493 e. The van der Waals surface area contributed by atoms with E-state index < -0.39 is 0 Å². The molecule has 1 aliphatic carbocycles. The number of carbonyl (C=O) groups is 1. The van der Waals surface area contributed by atoms with Gasteiger partial charge >= 0.3 is 0 Å². The van der Waals surface area contributed by atoms with Crippen LogP contribution in [0.3, 0.4) is 0 Å². The van der Waals surface area contributed by atoms with E-state index in [1.54, 1.807) is 0 Å². The maximum Gasteiger partial charge on any atom is 0.216 e. The van der Waals surface area contributed by atoms with Crippen LogP contribution in [-0.4, -0.2) is 38.6 Å². The van der Waals surface area contributed by atoms with Crippen LogP contribution in [0.25, 0.3) is 10.8 Å². The molecule has 28 heavy (non-hydrogen) atoms. The van der Waals surface area contributed by atoms with Crippen LogP contribution in [0.15, 0.2) is 36.4 Å². The Bertz CT molecular complexity index is 809. The van der Waals surface area contributed by atoms with Gasteiger partial charge in [-0.1, -0.05) is 24.3 Å². The van der Waals surface area contributed by atoms with E-state index in [4.69, 9.17) is 14.2 Å². The van der Waals surface area contributed by atoms with E-state index in [2.05, 4.69) is 41.7 Å². The zero-order valence-electron chi connectivity index (χ0n) is 16.5. The van der Waals surface area contributed by atoms with Gasteiger partial charge < -0.3 is 19.5 Å². The van der Waals surface area contributed by atoms with Crippen LogP contribution in [0.1, 0.15) is 44.1 Å². The second kappa shape index (κ2) is 8.93. The van der Waals surface area contributed by atoms with Gasteiger partial charge in [0, 0.05) is 25.8 Å². The SMILES string of the molecule is CC(=O)NCCCC1OCC(c2cccc3cc(OCC4CC4)ccc23)CO1. The van der Waals surface area contributed by atoms with Crippen LogP contribution >= 0.6 is 0 Å². The fraction of sp³-hybridized carbons (Fsp3) is 0.522. The molecule has 2 aliphatic rings. The molecule has 0 bridgehead atoms. The molecule has 4 rings (SSSR count). The van der Waals surface area contributed by atoms with Crippen molar-refractivity contribution in [3.05, 3.63) is 42.0 Å². The van der Waals surface area contributed by atoms with E-state index in [0.29, 0.717) is 19.8 Å². The molecule has 1 N–H and O–H groups in total. The first-order valence-corrected chi connectivity index (χ1v) is 10.3. The molecule has 1 heterocycles. The second-order valence-corrected chi connectivity index (χ2v) is 7.90. The first-order chi connectivity index (χ1) is 13.7. The number of benzene rings is 2. The highest BCUT2D eigenvalue weighted by Crippen LogP contribution is 2.33. The standard InChI is InChI=1S/C23H29NO4/c1-16(25)24-11-3-6-23-27-14-19(15-28-23)21-5-2-4-18-12-20(9-10-22(18)21)26-13-17-7-8-17/h2,4-5,9-10,12,17,19,23H,3,6-8,11,13-15H2,1H3,(H,24,25). The smallest absolute Gasteiger partial charge is 0.216 e. The van der Waals surface area contributed by atoms with Crippen molar-refractivity contribution in [2.24, 2.45) is 5.92 Å². The van der Waals surface area contributed by atoms with Gasteiger partial charge in [0.15, 0.2) is 6.29 Å². The molecular formula is C23H29NO4. The summed E-state index contributed by atoms with van der Waals surface area (Å²) < 4.78 is 17.8. The average molecular weight is 383 g/mol. The van der Waals surface area contributed by atoms with E-state index in [-0.39, 0.29) is 18.1 Å². The predicted molar refractivity (Wildman–Crippen MR) is 109 cm³/mol. The second-order valence-electron chi connectivity index (χ2n) is 7.90. The van der Waals surface area contributed by atoms with Gasteiger partial charge in [-0.15, -0.1) is 0 Å². The Morgan fingerprint density at radius 1 is 1.18 bits per heavy atom. The zero-order chi connectivity index (χ0) is 19.3. The van der Waals surface area contributed by atoms with E-state index in [1.807, 2.05) is 0 Å². The Balaban J connectivity index is 1.34. The molecule has 0 unspecified atom stereocenters. The first kappa shape index (κ1) is 19.2. The normalized spacial score (nSPS) is 22.2. The van der Waals surface area contributed by atoms with Crippen LogP contribution in [-0.2, 0) is 14.3 Å². The number of hydrogen-bond donors (Lipinski definition) is 1. The molecule has 0 aromatic heterocycles. The molecule has 5 nitrogen and oxygen atoms in total. The Labute approximate surface area is 166 Å². The molecule has 2 fully saturated rings. The number of fused-ring (bicyclic) bond motifs is 1. The molecule has 1 amide bonds. The first-order valence-electron chi connectivity index (χ1n) is 10.3. The summed E-state index contributed by atoms with van der Waals surface area (Å²) in [4.78, 5) is 10.9. The highest BCUT2D eigenvalue weighted by atomic mass is 16.7. The topological polar surface area (TPSA) is 56.8 Å². The third kappa shape index (κ3) is 5.03. The third-order valence-corrected chi connectivity index (χ3v) is 5.47. The molecule has 2 aromatic carbocycles. The molecule has 0 radical (unpaired) electrons. The minimum atomic E-state index is -0.178. The van der Waals surface area contributed by atoms with Crippen LogP contribution in [0.5, 0.6) is 5.75 Å². The summed E-state index contributed by atoms with van der Waals surface area (Å²) in [6.45, 7) is 4.34. The highest BCUT2D eigenvalue weighted by Gasteiger charge is 2.25. The van der Waals surface area contributed by atoms with Gasteiger partial charge in [0.2, 0.25) is 5.91 Å². The fourth-order valence-corrected chi connectivity index (χ4v) is 3.65. The van der Waals surface area contributed by atoms with Gasteiger partial charge in [-0.3, -0.25) is 4.79 Å². The number of hydrogen-bond acceptors (Lipinski definition) is 4.